The average molecular weight is 670 g/mol. The summed E-state index contributed by atoms with van der Waals surface area (Å²) in [5.41, 5.74) is 4.65. The van der Waals surface area contributed by atoms with Crippen LogP contribution in [-0.2, 0) is 35.3 Å². The van der Waals surface area contributed by atoms with Crippen LogP contribution in [0.2, 0.25) is 0 Å². The van der Waals surface area contributed by atoms with E-state index in [2.05, 4.69) is 16.0 Å². The average Bonchev–Trinajstić information content (AvgIpc) is 3.29. The van der Waals surface area contributed by atoms with Crippen LogP contribution in [0.25, 0.3) is 0 Å². The van der Waals surface area contributed by atoms with E-state index in [1.807, 2.05) is 0 Å². The van der Waals surface area contributed by atoms with Crippen molar-refractivity contribution in [2.75, 3.05) is 18.8 Å². The highest BCUT2D eigenvalue weighted by Crippen LogP contribution is 2.54. The number of carboxylic acids is 1. The summed E-state index contributed by atoms with van der Waals surface area (Å²) in [6.07, 6.45) is 0.192. The molecular weight excluding hydrogens is 638 g/mol. The van der Waals surface area contributed by atoms with E-state index in [0.717, 1.165) is 21.6 Å². The number of nitrogens with zero attached hydrogens (tertiary/aromatic N) is 3. The van der Waals surface area contributed by atoms with E-state index in [0.29, 0.717) is 16.2 Å². The molecule has 3 fully saturated rings. The Bertz CT molecular complexity index is 1690. The molecule has 47 heavy (non-hydrogen) atoms. The van der Waals surface area contributed by atoms with E-state index in [4.69, 9.17) is 5.73 Å². The molecule has 4 atom stereocenters. The van der Waals surface area contributed by atoms with E-state index in [1.165, 1.54) is 42.5 Å². The lowest BCUT2D eigenvalue weighted by Crippen LogP contribution is -2.85. The van der Waals surface area contributed by atoms with Crippen LogP contribution in [0.5, 0.6) is 11.5 Å². The number of amides is 7. The van der Waals surface area contributed by atoms with Gasteiger partial charge in [0.25, 0.3) is 5.91 Å². The number of carbonyl (C=O) groups is 7. The van der Waals surface area contributed by atoms with Gasteiger partial charge in [0.15, 0.2) is 11.5 Å². The van der Waals surface area contributed by atoms with Crippen LogP contribution in [0.3, 0.4) is 0 Å². The van der Waals surface area contributed by atoms with Crippen LogP contribution in [0.15, 0.2) is 42.5 Å². The number of fused-ring (bicyclic) bond motifs is 1. The molecule has 5 rings (SSSR count). The van der Waals surface area contributed by atoms with Crippen molar-refractivity contribution < 1.29 is 48.9 Å². The first kappa shape index (κ1) is 32.9. The Hall–Kier alpha value is -5.52. The summed E-state index contributed by atoms with van der Waals surface area (Å²) in [5.74, 6) is -6.14. The number of nitrogens with two attached hydrogens (primary N) is 1. The van der Waals surface area contributed by atoms with Crippen molar-refractivity contribution in [2.45, 2.75) is 48.3 Å². The molecule has 18 heteroatoms. The molecule has 0 aromatic heterocycles. The first-order chi connectivity index (χ1) is 22.1. The quantitative estimate of drug-likeness (QED) is 0.0424. The first-order valence-corrected chi connectivity index (χ1v) is 15.0. The first-order valence-electron chi connectivity index (χ1n) is 14.2. The number of thioether (sulfide) groups is 1. The highest BCUT2D eigenvalue weighted by molar-refractivity contribution is 8.01. The smallest absolute Gasteiger partial charge is 0.327 e. The van der Waals surface area contributed by atoms with Crippen LogP contribution < -0.4 is 21.7 Å². The van der Waals surface area contributed by atoms with Crippen LogP contribution in [0, 0.1) is 0 Å². The molecule has 3 heterocycles. The molecule has 0 aliphatic carbocycles. The Morgan fingerprint density at radius 2 is 1.72 bits per heavy atom. The standard InChI is InChI=1S/C29H31N7O10S/c1-28(2)20(24(43)44)36-25(45)29(31-13-37,26(36)47-28)33-21(40)19(15-4-6-16(30)7-5-15)32-27(46)35-10-9-34(22(41)23(35)42)12-14-3-8-17(38)18(39)11-14/h3-8,11,13,19-20,26,38-39H,9-10,12,30H2,1-2H3,(H,31,37)(H,32,46)(H,33,40)(H,43,44)/t19?,20-,26+,29+/m0/s1. The number of aliphatic carboxylic acids is 1. The Balaban J connectivity index is 1.36. The van der Waals surface area contributed by atoms with Crippen molar-refractivity contribution in [3.05, 3.63) is 53.6 Å². The number of β-lactam (4-membered cyclic amide) rings is 1. The maximum Gasteiger partial charge on any atom is 0.327 e. The minimum atomic E-state index is -2.05. The predicted octanol–water partition coefficient (Wildman–Crippen LogP) is -0.993. The molecule has 1 unspecified atom stereocenters. The number of nitrogen functional groups attached to an aromatic ring is 1. The fourth-order valence-electron chi connectivity index (χ4n) is 5.80. The molecule has 8 N–H and O–H groups in total. The van der Waals surface area contributed by atoms with Gasteiger partial charge in [0.05, 0.1) is 0 Å². The number of aromatic hydroxyl groups is 2. The number of piperazine rings is 1. The zero-order valence-electron chi connectivity index (χ0n) is 25.0. The second-order valence-electron chi connectivity index (χ2n) is 11.6. The number of hydrogen-bond donors (Lipinski definition) is 7. The second kappa shape index (κ2) is 12.0. The lowest BCUT2D eigenvalue weighted by Gasteiger charge is -2.52. The number of hydrogen-bond acceptors (Lipinski definition) is 11. The monoisotopic (exact) mass is 669 g/mol. The highest BCUT2D eigenvalue weighted by Gasteiger charge is 2.72. The number of nitrogens with one attached hydrogen (secondary N) is 3. The highest BCUT2D eigenvalue weighted by atomic mass is 32.2. The summed E-state index contributed by atoms with van der Waals surface area (Å²) in [6, 6.07) is 5.69. The minimum absolute atomic E-state index is 0.0888. The van der Waals surface area contributed by atoms with Crippen molar-refractivity contribution in [2.24, 2.45) is 0 Å². The SMILES string of the molecule is CC1(C)S[C@H]2N(C(=O)[C@@]2(NC=O)NC(=O)C(NC(=O)N2CCN(Cc3ccc(O)c(O)c3)C(=O)C2=O)c2ccc(N)cc2)[C@H]1C(=O)O. The van der Waals surface area contributed by atoms with E-state index in [9.17, 15) is 48.9 Å². The molecule has 3 saturated heterocycles. The lowest BCUT2D eigenvalue weighted by molar-refractivity contribution is -0.172. The third-order valence-electron chi connectivity index (χ3n) is 8.15. The van der Waals surface area contributed by atoms with Gasteiger partial charge < -0.3 is 46.8 Å². The van der Waals surface area contributed by atoms with Gasteiger partial charge >= 0.3 is 23.8 Å². The number of carbonyl (C=O) groups excluding carboxylic acids is 6. The molecule has 2 aromatic carbocycles. The van der Waals surface area contributed by atoms with Gasteiger partial charge in [0, 0.05) is 30.1 Å². The van der Waals surface area contributed by atoms with Gasteiger partial charge in [-0.3, -0.25) is 28.9 Å². The number of benzene rings is 2. The van der Waals surface area contributed by atoms with Crippen molar-refractivity contribution in [3.63, 3.8) is 0 Å². The molecule has 17 nitrogen and oxygen atoms in total. The van der Waals surface area contributed by atoms with Gasteiger partial charge in [0.1, 0.15) is 17.5 Å². The molecule has 7 amide bonds. The zero-order chi connectivity index (χ0) is 34.4. The molecule has 0 spiro atoms. The Labute approximate surface area is 271 Å². The zero-order valence-corrected chi connectivity index (χ0v) is 25.8. The second-order valence-corrected chi connectivity index (χ2v) is 13.4. The van der Waals surface area contributed by atoms with Gasteiger partial charge in [-0.05, 0) is 49.2 Å². The van der Waals surface area contributed by atoms with Crippen LogP contribution in [-0.4, -0.2) is 107 Å². The maximum absolute atomic E-state index is 13.9. The van der Waals surface area contributed by atoms with Crippen LogP contribution >= 0.6 is 11.8 Å². The van der Waals surface area contributed by atoms with Crippen molar-refractivity contribution in [1.29, 1.82) is 0 Å². The molecular formula is C29H31N7O10S. The number of phenols is 2. The minimum Gasteiger partial charge on any atom is -0.504 e. The summed E-state index contributed by atoms with van der Waals surface area (Å²) in [4.78, 5) is 93.2. The fourth-order valence-corrected chi connectivity index (χ4v) is 7.45. The summed E-state index contributed by atoms with van der Waals surface area (Å²) in [7, 11) is 0. The van der Waals surface area contributed by atoms with Gasteiger partial charge in [-0.1, -0.05) is 18.2 Å². The van der Waals surface area contributed by atoms with Crippen molar-refractivity contribution in [3.8, 4) is 11.5 Å². The third-order valence-corrected chi connectivity index (χ3v) is 9.79. The molecule has 248 valence electrons. The molecule has 0 bridgehead atoms. The predicted molar refractivity (Wildman–Crippen MR) is 163 cm³/mol. The topological polar surface area (TPSA) is 252 Å². The van der Waals surface area contributed by atoms with Gasteiger partial charge in [-0.2, -0.15) is 0 Å². The third kappa shape index (κ3) is 5.71. The summed E-state index contributed by atoms with van der Waals surface area (Å²) in [6.45, 7) is 2.78. The number of anilines is 1. The molecule has 3 aliphatic heterocycles. The summed E-state index contributed by atoms with van der Waals surface area (Å²) < 4.78 is -0.995. The Morgan fingerprint density at radius 3 is 2.34 bits per heavy atom. The van der Waals surface area contributed by atoms with Gasteiger partial charge in [0.2, 0.25) is 18.0 Å². The molecule has 0 saturated carbocycles. The summed E-state index contributed by atoms with van der Waals surface area (Å²) in [5, 5.41) is 35.3. The maximum atomic E-state index is 13.9. The molecule has 0 radical (unpaired) electrons. The number of phenolic OH excluding ortho intramolecular Hbond substituents is 2. The van der Waals surface area contributed by atoms with E-state index in [1.54, 1.807) is 13.8 Å². The largest absolute Gasteiger partial charge is 0.504 e. The van der Waals surface area contributed by atoms with Gasteiger partial charge in [-0.25, -0.2) is 9.59 Å². The normalized spacial score (nSPS) is 23.8. The molecule has 3 aliphatic rings. The van der Waals surface area contributed by atoms with E-state index in [-0.39, 0.29) is 37.4 Å². The summed E-state index contributed by atoms with van der Waals surface area (Å²) >= 11 is 1.06. The van der Waals surface area contributed by atoms with E-state index >= 15 is 0 Å². The van der Waals surface area contributed by atoms with Crippen LogP contribution in [0.4, 0.5) is 10.5 Å². The molecule has 2 aromatic rings. The number of imide groups is 1. The van der Waals surface area contributed by atoms with Crippen molar-refractivity contribution in [1.82, 2.24) is 30.7 Å². The van der Waals surface area contributed by atoms with Crippen molar-refractivity contribution >= 4 is 59.5 Å². The Morgan fingerprint density at radius 1 is 1.04 bits per heavy atom. The Kier molecular flexibility index (Phi) is 8.40. The van der Waals surface area contributed by atoms with E-state index < -0.39 is 69.2 Å². The van der Waals surface area contributed by atoms with Crippen LogP contribution in [0.1, 0.15) is 31.0 Å². The number of carboxylic acid groups (broad SMARTS) is 1. The fraction of sp³-hybridized carbons (Fsp3) is 0.345. The number of urea groups is 1. The lowest BCUT2D eigenvalue weighted by atomic mass is 9.91. The van der Waals surface area contributed by atoms with Gasteiger partial charge in [-0.15, -0.1) is 11.8 Å². The number of rotatable bonds is 9.